The molecule has 0 aliphatic carbocycles. The second-order valence-corrected chi connectivity index (χ2v) is 19.8. The summed E-state index contributed by atoms with van der Waals surface area (Å²) in [6.45, 7) is 0. The molecule has 15 rings (SSSR count). The van der Waals surface area contributed by atoms with Crippen LogP contribution in [0.15, 0.2) is 243 Å². The van der Waals surface area contributed by atoms with Gasteiger partial charge in [-0.2, -0.15) is 0 Å². The fourth-order valence-electron chi connectivity index (χ4n) is 11.7. The summed E-state index contributed by atoms with van der Waals surface area (Å²) in [5, 5.41) is 19.9. The van der Waals surface area contributed by atoms with Crippen LogP contribution >= 0.6 is 11.3 Å². The first-order chi connectivity index (χ1) is 35.2. The monoisotopic (exact) mass is 916 g/mol. The highest BCUT2D eigenvalue weighted by atomic mass is 32.1. The van der Waals surface area contributed by atoms with E-state index in [4.69, 9.17) is 9.97 Å². The first-order valence-corrected chi connectivity index (χ1v) is 25.1. The molecular weight excluding hydrogens is 877 g/mol. The zero-order chi connectivity index (χ0) is 46.6. The lowest BCUT2D eigenvalue weighted by atomic mass is 9.81. The molecule has 0 N–H and O–H groups in total. The Morgan fingerprint density at radius 2 is 0.563 bits per heavy atom. The van der Waals surface area contributed by atoms with E-state index < -0.39 is 0 Å². The predicted octanol–water partition coefficient (Wildman–Crippen LogP) is 19.3. The van der Waals surface area contributed by atoms with Crippen LogP contribution in [0.25, 0.3) is 152 Å². The minimum atomic E-state index is 0.709. The van der Waals surface area contributed by atoms with E-state index in [0.29, 0.717) is 5.82 Å². The van der Waals surface area contributed by atoms with Gasteiger partial charge in [-0.25, -0.2) is 9.97 Å². The Morgan fingerprint density at radius 1 is 0.211 bits per heavy atom. The van der Waals surface area contributed by atoms with Crippen molar-refractivity contribution >= 4 is 107 Å². The maximum Gasteiger partial charge on any atom is 0.161 e. The molecule has 0 aliphatic heterocycles. The molecule has 0 aliphatic rings. The third-order valence-electron chi connectivity index (χ3n) is 14.8. The van der Waals surface area contributed by atoms with Gasteiger partial charge < -0.3 is 0 Å². The number of nitrogens with zero attached hydrogens (tertiary/aromatic N) is 2. The second-order valence-electron chi connectivity index (χ2n) is 18.7. The van der Waals surface area contributed by atoms with Gasteiger partial charge in [0, 0.05) is 36.9 Å². The molecule has 0 atom stereocenters. The summed E-state index contributed by atoms with van der Waals surface area (Å²) < 4.78 is 2.60. The Labute approximate surface area is 413 Å². The highest BCUT2D eigenvalue weighted by Crippen LogP contribution is 2.51. The fraction of sp³-hybridized carbons (Fsp3) is 0. The van der Waals surface area contributed by atoms with Crippen LogP contribution in [0.1, 0.15) is 0 Å². The van der Waals surface area contributed by atoms with Crippen LogP contribution in [-0.2, 0) is 0 Å². The Bertz CT molecular complexity index is 4520. The molecule has 0 fully saturated rings. The standard InChI is InChI=1S/C68H40N2S/c1-3-19-41(20-4-1)60-40-61(42-21-5-2-6-22-42)70-68(69-60)67-55-33-17-15-31-53(55)66(54-32-16-18-34-56(54)67)65-51-29-13-11-27-49(51)64(50-28-12-14-30-52(50)65)43-35-36-48-59-38-57-46-25-9-7-23-44(46)45-24-8-10-26-47(45)58(57)39-63(59)71-62(48)37-43/h1-40H. The molecule has 0 saturated heterocycles. The molecule has 15 aromatic rings. The molecule has 2 nitrogen and oxygen atoms in total. The van der Waals surface area contributed by atoms with Crippen molar-refractivity contribution in [2.45, 2.75) is 0 Å². The van der Waals surface area contributed by atoms with E-state index in [2.05, 4.69) is 243 Å². The zero-order valence-corrected chi connectivity index (χ0v) is 39.2. The van der Waals surface area contributed by atoms with Crippen molar-refractivity contribution in [2.24, 2.45) is 0 Å². The summed E-state index contributed by atoms with van der Waals surface area (Å²) in [7, 11) is 0. The van der Waals surface area contributed by atoms with E-state index in [1.165, 1.54) is 107 Å². The van der Waals surface area contributed by atoms with Crippen molar-refractivity contribution < 1.29 is 0 Å². The Kier molecular flexibility index (Phi) is 8.86. The molecule has 3 heteroatoms. The van der Waals surface area contributed by atoms with Gasteiger partial charge >= 0.3 is 0 Å². The molecule has 0 spiro atoms. The molecule has 0 unspecified atom stereocenters. The summed E-state index contributed by atoms with van der Waals surface area (Å²) in [6.07, 6.45) is 0. The molecule has 0 bridgehead atoms. The SMILES string of the molecule is c1ccc(-c2cc(-c3ccccc3)nc(-c3c4ccccc4c(-c4c5ccccc5c(-c5ccc6c(c5)sc5cc7c8ccccc8c8ccccc8c7cc56)c5ccccc45)c4ccccc34)n2)cc1. The van der Waals surface area contributed by atoms with Crippen LogP contribution in [0.4, 0.5) is 0 Å². The zero-order valence-electron chi connectivity index (χ0n) is 38.4. The quantitative estimate of drug-likeness (QED) is 0.127. The molecule has 0 saturated carbocycles. The van der Waals surface area contributed by atoms with E-state index in [0.717, 1.165) is 38.9 Å². The van der Waals surface area contributed by atoms with Crippen LogP contribution in [0.2, 0.25) is 0 Å². The summed E-state index contributed by atoms with van der Waals surface area (Å²) in [5.41, 5.74) is 9.85. The van der Waals surface area contributed by atoms with Crippen LogP contribution < -0.4 is 0 Å². The number of fused-ring (bicyclic) bond motifs is 13. The van der Waals surface area contributed by atoms with Gasteiger partial charge in [0.25, 0.3) is 0 Å². The van der Waals surface area contributed by atoms with Gasteiger partial charge in [0.05, 0.1) is 11.4 Å². The summed E-state index contributed by atoms with van der Waals surface area (Å²) in [5.74, 6) is 0.709. The van der Waals surface area contributed by atoms with Crippen LogP contribution in [-0.4, -0.2) is 9.97 Å². The normalized spacial score (nSPS) is 11.9. The van der Waals surface area contributed by atoms with Gasteiger partial charge in [0.1, 0.15) is 0 Å². The number of hydrogen-bond donors (Lipinski definition) is 0. The smallest absolute Gasteiger partial charge is 0.161 e. The summed E-state index contributed by atoms with van der Waals surface area (Å²) >= 11 is 1.90. The Hall–Kier alpha value is -9.02. The number of benzene rings is 13. The van der Waals surface area contributed by atoms with Crippen molar-refractivity contribution in [1.29, 1.82) is 0 Å². The summed E-state index contributed by atoms with van der Waals surface area (Å²) in [6, 6.07) is 88.7. The highest BCUT2D eigenvalue weighted by Gasteiger charge is 2.24. The van der Waals surface area contributed by atoms with Gasteiger partial charge in [-0.1, -0.05) is 218 Å². The predicted molar refractivity (Wildman–Crippen MR) is 305 cm³/mol. The fourth-order valence-corrected chi connectivity index (χ4v) is 12.9. The van der Waals surface area contributed by atoms with E-state index >= 15 is 0 Å². The third kappa shape index (κ3) is 6.13. The second kappa shape index (κ2) is 15.8. The maximum atomic E-state index is 5.41. The minimum absolute atomic E-state index is 0.709. The minimum Gasteiger partial charge on any atom is -0.228 e. The molecule has 2 aromatic heterocycles. The first kappa shape index (κ1) is 39.9. The van der Waals surface area contributed by atoms with Gasteiger partial charge in [-0.3, -0.25) is 0 Å². The molecule has 0 amide bonds. The molecule has 13 aromatic carbocycles. The lowest BCUT2D eigenvalue weighted by molar-refractivity contribution is 1.19. The third-order valence-corrected chi connectivity index (χ3v) is 15.9. The molecular formula is C68H40N2S. The highest BCUT2D eigenvalue weighted by molar-refractivity contribution is 7.26. The average molecular weight is 917 g/mol. The Morgan fingerprint density at radius 3 is 1.01 bits per heavy atom. The average Bonchev–Trinajstić information content (AvgIpc) is 3.80. The molecule has 328 valence electrons. The summed E-state index contributed by atoms with van der Waals surface area (Å²) in [4.78, 5) is 10.8. The number of aromatic nitrogens is 2. The largest absolute Gasteiger partial charge is 0.228 e. The van der Waals surface area contributed by atoms with Crippen molar-refractivity contribution in [3.05, 3.63) is 243 Å². The van der Waals surface area contributed by atoms with Gasteiger partial charge in [-0.05, 0) is 122 Å². The topological polar surface area (TPSA) is 25.8 Å². The lowest BCUT2D eigenvalue weighted by Crippen LogP contribution is -1.99. The number of thiophene rings is 1. The van der Waals surface area contributed by atoms with Crippen molar-refractivity contribution in [3.8, 4) is 56.2 Å². The van der Waals surface area contributed by atoms with Crippen LogP contribution in [0, 0.1) is 0 Å². The van der Waals surface area contributed by atoms with Crippen molar-refractivity contribution in [3.63, 3.8) is 0 Å². The van der Waals surface area contributed by atoms with Gasteiger partial charge in [-0.15, -0.1) is 11.3 Å². The van der Waals surface area contributed by atoms with Crippen LogP contribution in [0.3, 0.4) is 0 Å². The first-order valence-electron chi connectivity index (χ1n) is 24.3. The number of rotatable bonds is 5. The maximum absolute atomic E-state index is 5.41. The molecule has 2 heterocycles. The lowest BCUT2D eigenvalue weighted by Gasteiger charge is -2.22. The van der Waals surface area contributed by atoms with Gasteiger partial charge in [0.15, 0.2) is 5.82 Å². The Balaban J connectivity index is 0.975. The van der Waals surface area contributed by atoms with E-state index in [-0.39, 0.29) is 0 Å². The van der Waals surface area contributed by atoms with Crippen LogP contribution in [0.5, 0.6) is 0 Å². The number of hydrogen-bond acceptors (Lipinski definition) is 3. The molecule has 0 radical (unpaired) electrons. The van der Waals surface area contributed by atoms with E-state index in [9.17, 15) is 0 Å². The molecule has 71 heavy (non-hydrogen) atoms. The van der Waals surface area contributed by atoms with E-state index in [1.54, 1.807) is 0 Å². The van der Waals surface area contributed by atoms with Crippen molar-refractivity contribution in [1.82, 2.24) is 9.97 Å². The van der Waals surface area contributed by atoms with E-state index in [1.807, 2.05) is 11.3 Å². The van der Waals surface area contributed by atoms with Gasteiger partial charge in [0.2, 0.25) is 0 Å². The van der Waals surface area contributed by atoms with Crippen molar-refractivity contribution in [2.75, 3.05) is 0 Å².